The molecule has 0 saturated carbocycles. The first-order valence-corrected chi connectivity index (χ1v) is 8.47. The quantitative estimate of drug-likeness (QED) is 0.562. The molecule has 0 aliphatic carbocycles. The first-order chi connectivity index (χ1) is 9.74. The van der Waals surface area contributed by atoms with Crippen LogP contribution in [-0.4, -0.2) is 16.3 Å². The van der Waals surface area contributed by atoms with Gasteiger partial charge >= 0.3 is 0 Å². The molecule has 1 heterocycles. The Morgan fingerprint density at radius 1 is 1.05 bits per heavy atom. The van der Waals surface area contributed by atoms with Gasteiger partial charge in [0.2, 0.25) is 0 Å². The number of hydrogen-bond acceptors (Lipinski definition) is 2. The molecule has 0 saturated heterocycles. The molecule has 0 atom stereocenters. The summed E-state index contributed by atoms with van der Waals surface area (Å²) in [7, 11) is 0. The van der Waals surface area contributed by atoms with Gasteiger partial charge in [-0.1, -0.05) is 51.9 Å². The van der Waals surface area contributed by atoms with Gasteiger partial charge in [-0.05, 0) is 26.8 Å². The van der Waals surface area contributed by atoms with E-state index in [2.05, 4.69) is 37.4 Å². The Morgan fingerprint density at radius 2 is 1.70 bits per heavy atom. The first-order valence-electron chi connectivity index (χ1n) is 8.47. The molecule has 0 bridgehead atoms. The maximum Gasteiger partial charge on any atom is 0.0534 e. The van der Waals surface area contributed by atoms with E-state index in [0.717, 1.165) is 13.1 Å². The molecule has 0 amide bonds. The minimum absolute atomic E-state index is 0.455. The maximum atomic E-state index is 4.36. The van der Waals surface area contributed by atoms with Crippen molar-refractivity contribution in [2.75, 3.05) is 6.54 Å². The lowest BCUT2D eigenvalue weighted by Gasteiger charge is -2.04. The van der Waals surface area contributed by atoms with Gasteiger partial charge in [0, 0.05) is 24.3 Å². The molecule has 0 aliphatic heterocycles. The van der Waals surface area contributed by atoms with Crippen molar-refractivity contribution >= 4 is 0 Å². The standard InChI is InChI=1S/C17H33N3/c1-4-5-6-7-8-9-10-11-12-18-13-17-14-19-20(15-17)16(2)3/h14-16,18H,4-13H2,1-3H3. The van der Waals surface area contributed by atoms with E-state index in [0.29, 0.717) is 6.04 Å². The van der Waals surface area contributed by atoms with Gasteiger partial charge in [-0.2, -0.15) is 5.10 Å². The van der Waals surface area contributed by atoms with Crippen molar-refractivity contribution in [3.8, 4) is 0 Å². The van der Waals surface area contributed by atoms with Gasteiger partial charge in [0.25, 0.3) is 0 Å². The predicted molar refractivity (Wildman–Crippen MR) is 86.9 cm³/mol. The largest absolute Gasteiger partial charge is 0.313 e. The SMILES string of the molecule is CCCCCCCCCCNCc1cnn(C(C)C)c1. The van der Waals surface area contributed by atoms with Crippen LogP contribution < -0.4 is 5.32 Å². The molecule has 1 aromatic rings. The third-order valence-corrected chi connectivity index (χ3v) is 3.72. The second kappa shape index (κ2) is 10.9. The molecule has 116 valence electrons. The molecule has 1 rings (SSSR count). The minimum Gasteiger partial charge on any atom is -0.313 e. The zero-order chi connectivity index (χ0) is 14.6. The lowest BCUT2D eigenvalue weighted by atomic mass is 10.1. The lowest BCUT2D eigenvalue weighted by molar-refractivity contribution is 0.531. The normalized spacial score (nSPS) is 11.4. The Morgan fingerprint density at radius 3 is 2.30 bits per heavy atom. The summed E-state index contributed by atoms with van der Waals surface area (Å²) in [5.41, 5.74) is 1.29. The van der Waals surface area contributed by atoms with E-state index in [1.165, 1.54) is 56.9 Å². The first kappa shape index (κ1) is 17.2. The highest BCUT2D eigenvalue weighted by Crippen LogP contribution is 2.08. The average molecular weight is 279 g/mol. The molecule has 0 fully saturated rings. The maximum absolute atomic E-state index is 4.36. The van der Waals surface area contributed by atoms with Crippen molar-refractivity contribution in [3.63, 3.8) is 0 Å². The van der Waals surface area contributed by atoms with Gasteiger partial charge < -0.3 is 5.32 Å². The van der Waals surface area contributed by atoms with Gasteiger partial charge in [-0.25, -0.2) is 0 Å². The second-order valence-electron chi connectivity index (χ2n) is 6.07. The van der Waals surface area contributed by atoms with Gasteiger partial charge in [0.05, 0.1) is 6.20 Å². The molecule has 0 radical (unpaired) electrons. The van der Waals surface area contributed by atoms with Crippen LogP contribution in [0.4, 0.5) is 0 Å². The van der Waals surface area contributed by atoms with Crippen molar-refractivity contribution < 1.29 is 0 Å². The Bertz CT molecular complexity index is 331. The zero-order valence-corrected chi connectivity index (χ0v) is 13.7. The molecule has 1 N–H and O–H groups in total. The fourth-order valence-electron chi connectivity index (χ4n) is 2.37. The number of aromatic nitrogens is 2. The predicted octanol–water partition coefficient (Wildman–Crippen LogP) is 4.69. The molecule has 0 aromatic carbocycles. The third-order valence-electron chi connectivity index (χ3n) is 3.72. The number of unbranched alkanes of at least 4 members (excludes halogenated alkanes) is 7. The molecule has 20 heavy (non-hydrogen) atoms. The van der Waals surface area contributed by atoms with Crippen LogP contribution in [0, 0.1) is 0 Å². The van der Waals surface area contributed by atoms with Gasteiger partial charge in [0.1, 0.15) is 0 Å². The fraction of sp³-hybridized carbons (Fsp3) is 0.824. The number of hydrogen-bond donors (Lipinski definition) is 1. The highest BCUT2D eigenvalue weighted by molar-refractivity contribution is 5.03. The molecule has 3 nitrogen and oxygen atoms in total. The molecular formula is C17H33N3. The summed E-state index contributed by atoms with van der Waals surface area (Å²) >= 11 is 0. The highest BCUT2D eigenvalue weighted by Gasteiger charge is 2.00. The number of nitrogens with one attached hydrogen (secondary N) is 1. The Balaban J connectivity index is 1.91. The summed E-state index contributed by atoms with van der Waals surface area (Å²) in [5.74, 6) is 0. The van der Waals surface area contributed by atoms with Crippen molar-refractivity contribution in [1.29, 1.82) is 0 Å². The van der Waals surface area contributed by atoms with Crippen molar-refractivity contribution in [2.45, 2.75) is 84.7 Å². The Labute approximate surface area is 125 Å². The fourth-order valence-corrected chi connectivity index (χ4v) is 2.37. The minimum atomic E-state index is 0.455. The van der Waals surface area contributed by atoms with E-state index >= 15 is 0 Å². The van der Waals surface area contributed by atoms with E-state index in [1.54, 1.807) is 0 Å². The van der Waals surface area contributed by atoms with Gasteiger partial charge in [-0.3, -0.25) is 4.68 Å². The van der Waals surface area contributed by atoms with E-state index in [1.807, 2.05) is 10.9 Å². The summed E-state index contributed by atoms with van der Waals surface area (Å²) in [4.78, 5) is 0. The smallest absolute Gasteiger partial charge is 0.0534 e. The number of rotatable bonds is 12. The zero-order valence-electron chi connectivity index (χ0n) is 13.7. The van der Waals surface area contributed by atoms with Crippen LogP contribution in [-0.2, 0) is 6.54 Å². The summed E-state index contributed by atoms with van der Waals surface area (Å²) < 4.78 is 2.02. The van der Waals surface area contributed by atoms with Crippen LogP contribution in [0.5, 0.6) is 0 Å². The second-order valence-corrected chi connectivity index (χ2v) is 6.07. The van der Waals surface area contributed by atoms with Crippen molar-refractivity contribution in [3.05, 3.63) is 18.0 Å². The molecule has 1 aromatic heterocycles. The molecule has 0 unspecified atom stereocenters. The van der Waals surface area contributed by atoms with E-state index in [9.17, 15) is 0 Å². The van der Waals surface area contributed by atoms with Crippen LogP contribution in [0.1, 0.15) is 83.7 Å². The summed E-state index contributed by atoms with van der Waals surface area (Å²) in [5, 5.41) is 7.87. The van der Waals surface area contributed by atoms with E-state index in [4.69, 9.17) is 0 Å². The third kappa shape index (κ3) is 7.68. The average Bonchev–Trinajstić information content (AvgIpc) is 2.90. The lowest BCUT2D eigenvalue weighted by Crippen LogP contribution is -2.14. The highest BCUT2D eigenvalue weighted by atomic mass is 15.3. The monoisotopic (exact) mass is 279 g/mol. The summed E-state index contributed by atoms with van der Waals surface area (Å²) in [6.07, 6.45) is 15.2. The Kier molecular flexibility index (Phi) is 9.38. The number of nitrogens with zero attached hydrogens (tertiary/aromatic N) is 2. The van der Waals surface area contributed by atoms with Crippen molar-refractivity contribution in [1.82, 2.24) is 15.1 Å². The van der Waals surface area contributed by atoms with Crippen LogP contribution >= 0.6 is 0 Å². The van der Waals surface area contributed by atoms with E-state index < -0.39 is 0 Å². The van der Waals surface area contributed by atoms with Crippen LogP contribution in [0.15, 0.2) is 12.4 Å². The molecule has 0 spiro atoms. The van der Waals surface area contributed by atoms with Gasteiger partial charge in [0.15, 0.2) is 0 Å². The Hall–Kier alpha value is -0.830. The van der Waals surface area contributed by atoms with Gasteiger partial charge in [-0.15, -0.1) is 0 Å². The van der Waals surface area contributed by atoms with Crippen molar-refractivity contribution in [2.24, 2.45) is 0 Å². The summed E-state index contributed by atoms with van der Waals surface area (Å²) in [6, 6.07) is 0.455. The summed E-state index contributed by atoms with van der Waals surface area (Å²) in [6.45, 7) is 8.66. The van der Waals surface area contributed by atoms with Crippen LogP contribution in [0.2, 0.25) is 0 Å². The van der Waals surface area contributed by atoms with E-state index in [-0.39, 0.29) is 0 Å². The van der Waals surface area contributed by atoms with Crippen LogP contribution in [0.3, 0.4) is 0 Å². The van der Waals surface area contributed by atoms with Crippen LogP contribution in [0.25, 0.3) is 0 Å². The topological polar surface area (TPSA) is 29.9 Å². The molecule has 3 heteroatoms. The molecular weight excluding hydrogens is 246 g/mol. The molecule has 0 aliphatic rings.